The van der Waals surface area contributed by atoms with Crippen molar-refractivity contribution in [3.8, 4) is 0 Å². The van der Waals surface area contributed by atoms with E-state index in [4.69, 9.17) is 9.26 Å². The molecule has 0 spiro atoms. The number of rotatable bonds is 7. The number of nitrogens with zero attached hydrogens (tertiary/aromatic N) is 2. The lowest BCUT2D eigenvalue weighted by Crippen LogP contribution is -2.51. The number of urea groups is 1. The number of carbonyl (C=O) groups is 2. The summed E-state index contributed by atoms with van der Waals surface area (Å²) < 4.78 is 11.0. The predicted molar refractivity (Wildman–Crippen MR) is 108 cm³/mol. The van der Waals surface area contributed by atoms with Crippen LogP contribution in [0.25, 0.3) is 0 Å². The van der Waals surface area contributed by atoms with Crippen LogP contribution in [0.15, 0.2) is 29.0 Å². The van der Waals surface area contributed by atoms with Gasteiger partial charge in [0.1, 0.15) is 17.5 Å². The highest BCUT2D eigenvalue weighted by atomic mass is 16.5. The van der Waals surface area contributed by atoms with Crippen LogP contribution in [0.2, 0.25) is 0 Å². The number of carbonyl (C=O) groups excluding carboxylic acids is 2. The van der Waals surface area contributed by atoms with Crippen molar-refractivity contribution in [3.63, 3.8) is 0 Å². The van der Waals surface area contributed by atoms with Crippen LogP contribution in [0.3, 0.4) is 0 Å². The van der Waals surface area contributed by atoms with Gasteiger partial charge in [-0.25, -0.2) is 4.79 Å². The molecule has 0 aromatic carbocycles. The molecule has 3 amide bonds. The van der Waals surface area contributed by atoms with Crippen LogP contribution >= 0.6 is 0 Å². The summed E-state index contributed by atoms with van der Waals surface area (Å²) in [6.45, 7) is 3.69. The van der Waals surface area contributed by atoms with Crippen molar-refractivity contribution >= 4 is 17.6 Å². The fourth-order valence-corrected chi connectivity index (χ4v) is 3.43. The molecule has 3 rings (SSSR count). The van der Waals surface area contributed by atoms with Crippen molar-refractivity contribution in [2.75, 3.05) is 18.5 Å². The van der Waals surface area contributed by atoms with Gasteiger partial charge in [-0.05, 0) is 45.2 Å². The molecule has 3 heterocycles. The van der Waals surface area contributed by atoms with Crippen LogP contribution in [0, 0.1) is 13.8 Å². The predicted octanol–water partition coefficient (Wildman–Crippen LogP) is 1.54. The number of hydrogen-bond donors (Lipinski definition) is 4. The normalized spacial score (nSPS) is 21.1. The first-order chi connectivity index (χ1) is 14.5. The zero-order valence-corrected chi connectivity index (χ0v) is 17.1. The van der Waals surface area contributed by atoms with Crippen LogP contribution < -0.4 is 16.0 Å². The Morgan fingerprint density at radius 2 is 2.00 bits per heavy atom. The minimum absolute atomic E-state index is 0.115. The van der Waals surface area contributed by atoms with E-state index in [9.17, 15) is 14.7 Å². The van der Waals surface area contributed by atoms with Gasteiger partial charge in [-0.2, -0.15) is 0 Å². The van der Waals surface area contributed by atoms with E-state index in [1.54, 1.807) is 38.4 Å². The van der Waals surface area contributed by atoms with E-state index in [0.29, 0.717) is 48.5 Å². The van der Waals surface area contributed by atoms with E-state index >= 15 is 0 Å². The summed E-state index contributed by atoms with van der Waals surface area (Å²) in [7, 11) is 0. The fraction of sp³-hybridized carbons (Fsp3) is 0.500. The third-order valence-electron chi connectivity index (χ3n) is 5.08. The van der Waals surface area contributed by atoms with Gasteiger partial charge in [0, 0.05) is 24.5 Å². The molecule has 10 nitrogen and oxygen atoms in total. The summed E-state index contributed by atoms with van der Waals surface area (Å²) in [5.74, 6) is 0.324. The lowest BCUT2D eigenvalue weighted by molar-refractivity contribution is -0.0892. The van der Waals surface area contributed by atoms with Gasteiger partial charge in [-0.1, -0.05) is 5.16 Å². The number of nitrogens with one attached hydrogen (secondary N) is 3. The van der Waals surface area contributed by atoms with Crippen LogP contribution in [0.1, 0.15) is 41.1 Å². The van der Waals surface area contributed by atoms with Gasteiger partial charge in [0.15, 0.2) is 5.76 Å². The second-order valence-corrected chi connectivity index (χ2v) is 7.24. The number of ether oxygens (including phenoxy) is 1. The van der Waals surface area contributed by atoms with Gasteiger partial charge >= 0.3 is 6.03 Å². The molecule has 2 aromatic heterocycles. The van der Waals surface area contributed by atoms with Gasteiger partial charge in [-0.15, -0.1) is 0 Å². The van der Waals surface area contributed by atoms with Gasteiger partial charge in [0.2, 0.25) is 0 Å². The van der Waals surface area contributed by atoms with Crippen LogP contribution in [-0.4, -0.2) is 58.6 Å². The van der Waals surface area contributed by atoms with Crippen LogP contribution in [-0.2, 0) is 4.74 Å². The second kappa shape index (κ2) is 10.2. The summed E-state index contributed by atoms with van der Waals surface area (Å²) in [4.78, 5) is 28.3. The largest absolute Gasteiger partial charge is 0.394 e. The molecule has 0 aliphatic carbocycles. The molecule has 0 unspecified atom stereocenters. The van der Waals surface area contributed by atoms with Gasteiger partial charge in [0.05, 0.1) is 18.8 Å². The Hall–Kier alpha value is -2.98. The van der Waals surface area contributed by atoms with Gasteiger partial charge < -0.3 is 30.3 Å². The molecule has 1 aliphatic rings. The molecule has 30 heavy (non-hydrogen) atoms. The number of aliphatic hydroxyl groups excluding tert-OH is 1. The topological polar surface area (TPSA) is 139 Å². The molecule has 1 saturated heterocycles. The maximum Gasteiger partial charge on any atom is 0.319 e. The first kappa shape index (κ1) is 21.7. The third kappa shape index (κ3) is 5.55. The number of aliphatic hydroxyl groups is 1. The third-order valence-corrected chi connectivity index (χ3v) is 5.08. The first-order valence-electron chi connectivity index (χ1n) is 9.93. The standard InChI is InChI=1S/C20H27N5O5/c1-12-18(13(2)30-25-12)24-20(28)22-10-7-15-3-4-16(17(11-26)29-15)23-19(27)14-5-8-21-9-6-14/h5-6,8-9,15-17,26H,3-4,7,10-11H2,1-2H3,(H,23,27)(H2,22,24,28)/t15-,16-,17-/m0/s1. The minimum atomic E-state index is -0.495. The van der Waals surface area contributed by atoms with E-state index in [0.717, 1.165) is 0 Å². The molecule has 0 radical (unpaired) electrons. The molecule has 0 saturated carbocycles. The van der Waals surface area contributed by atoms with Gasteiger partial charge in [0.25, 0.3) is 5.91 Å². The van der Waals surface area contributed by atoms with Crippen molar-refractivity contribution in [2.24, 2.45) is 0 Å². The molecular weight excluding hydrogens is 390 g/mol. The monoisotopic (exact) mass is 417 g/mol. The number of pyridine rings is 1. The smallest absolute Gasteiger partial charge is 0.319 e. The van der Waals surface area contributed by atoms with E-state index in [1.807, 2.05) is 0 Å². The molecule has 10 heteroatoms. The highest BCUT2D eigenvalue weighted by Gasteiger charge is 2.32. The summed E-state index contributed by atoms with van der Waals surface area (Å²) in [5, 5.41) is 21.9. The first-order valence-corrected chi connectivity index (χ1v) is 9.93. The number of hydrogen-bond acceptors (Lipinski definition) is 7. The van der Waals surface area contributed by atoms with Crippen LogP contribution in [0.4, 0.5) is 10.5 Å². The molecule has 1 aliphatic heterocycles. The quantitative estimate of drug-likeness (QED) is 0.536. The highest BCUT2D eigenvalue weighted by molar-refractivity contribution is 5.94. The van der Waals surface area contributed by atoms with Crippen molar-refractivity contribution in [2.45, 2.75) is 51.4 Å². The lowest BCUT2D eigenvalue weighted by atomic mass is 9.97. The summed E-state index contributed by atoms with van der Waals surface area (Å²) in [6, 6.07) is 2.65. The van der Waals surface area contributed by atoms with E-state index in [-0.39, 0.29) is 30.7 Å². The Morgan fingerprint density at radius 3 is 2.67 bits per heavy atom. The maximum absolute atomic E-state index is 12.3. The van der Waals surface area contributed by atoms with E-state index < -0.39 is 6.10 Å². The average Bonchev–Trinajstić information content (AvgIpc) is 3.07. The molecule has 1 fully saturated rings. The summed E-state index contributed by atoms with van der Waals surface area (Å²) >= 11 is 0. The van der Waals surface area contributed by atoms with E-state index in [1.165, 1.54) is 0 Å². The van der Waals surface area contributed by atoms with E-state index in [2.05, 4.69) is 26.1 Å². The Morgan fingerprint density at radius 1 is 1.23 bits per heavy atom. The van der Waals surface area contributed by atoms with Crippen molar-refractivity contribution in [1.29, 1.82) is 0 Å². The number of amides is 3. The molecule has 2 aromatic rings. The average molecular weight is 417 g/mol. The molecule has 4 N–H and O–H groups in total. The summed E-state index contributed by atoms with van der Waals surface area (Å²) in [6.07, 6.45) is 4.49. The fourth-order valence-electron chi connectivity index (χ4n) is 3.43. The Balaban J connectivity index is 1.42. The zero-order chi connectivity index (χ0) is 21.5. The van der Waals surface area contributed by atoms with Crippen molar-refractivity contribution in [1.82, 2.24) is 20.8 Å². The number of anilines is 1. The number of aryl methyl sites for hydroxylation is 2. The maximum atomic E-state index is 12.3. The molecule has 0 bridgehead atoms. The Bertz CT molecular complexity index is 837. The summed E-state index contributed by atoms with van der Waals surface area (Å²) in [5.41, 5.74) is 1.69. The lowest BCUT2D eigenvalue weighted by Gasteiger charge is -2.36. The van der Waals surface area contributed by atoms with Crippen LogP contribution in [0.5, 0.6) is 0 Å². The van der Waals surface area contributed by atoms with Gasteiger partial charge in [-0.3, -0.25) is 9.78 Å². The molecule has 162 valence electrons. The second-order valence-electron chi connectivity index (χ2n) is 7.24. The Labute approximate surface area is 174 Å². The minimum Gasteiger partial charge on any atom is -0.394 e. The Kier molecular flexibility index (Phi) is 7.36. The SMILES string of the molecule is Cc1noc(C)c1NC(=O)NCC[C@@H]1CC[C@H](NC(=O)c2ccncc2)[C@H](CO)O1. The van der Waals surface area contributed by atoms with Crippen molar-refractivity contribution < 1.29 is 24.0 Å². The number of aromatic nitrogens is 2. The zero-order valence-electron chi connectivity index (χ0n) is 17.1. The highest BCUT2D eigenvalue weighted by Crippen LogP contribution is 2.22. The molecule has 3 atom stereocenters. The van der Waals surface area contributed by atoms with Crippen molar-refractivity contribution in [3.05, 3.63) is 41.5 Å². The molecular formula is C20H27N5O5.